The van der Waals surface area contributed by atoms with Gasteiger partial charge >= 0.3 is 0 Å². The van der Waals surface area contributed by atoms with E-state index in [0.717, 1.165) is 22.2 Å². The Hall–Kier alpha value is -3.79. The average molecular weight is 365 g/mol. The van der Waals surface area contributed by atoms with Crippen LogP contribution in [0.3, 0.4) is 0 Å². The summed E-state index contributed by atoms with van der Waals surface area (Å²) in [4.78, 5) is 17.8. The number of aryl methyl sites for hydroxylation is 1. The van der Waals surface area contributed by atoms with Crippen molar-refractivity contribution < 1.29 is 4.79 Å². The number of benzene rings is 3. The van der Waals surface area contributed by atoms with Crippen LogP contribution in [0, 0.1) is 6.92 Å². The molecule has 3 aromatic carbocycles. The molecule has 0 saturated carbocycles. The van der Waals surface area contributed by atoms with Crippen LogP contribution in [0.15, 0.2) is 96.1 Å². The monoisotopic (exact) mass is 365 g/mol. The summed E-state index contributed by atoms with van der Waals surface area (Å²) >= 11 is 0. The lowest BCUT2D eigenvalue weighted by Gasteiger charge is -2.08. The lowest BCUT2D eigenvalue weighted by molar-refractivity contribution is 0.106. The highest BCUT2D eigenvalue weighted by atomic mass is 16.1. The lowest BCUT2D eigenvalue weighted by atomic mass is 10.0. The number of hydrogen-bond donors (Lipinski definition) is 1. The van der Waals surface area contributed by atoms with Crippen LogP contribution in [0.4, 0.5) is 5.69 Å². The van der Waals surface area contributed by atoms with E-state index in [0.29, 0.717) is 11.3 Å². The maximum absolute atomic E-state index is 13.1. The summed E-state index contributed by atoms with van der Waals surface area (Å²) in [6.07, 6.45) is 0. The Balaban J connectivity index is 1.76. The molecule has 0 saturated heterocycles. The van der Waals surface area contributed by atoms with Gasteiger partial charge in [-0.1, -0.05) is 72.3 Å². The van der Waals surface area contributed by atoms with E-state index in [-0.39, 0.29) is 11.5 Å². The zero-order valence-corrected chi connectivity index (χ0v) is 15.5. The topological polar surface area (TPSA) is 54.4 Å². The Morgan fingerprint density at radius 3 is 2.32 bits per heavy atom. The highest BCUT2D eigenvalue weighted by Crippen LogP contribution is 2.15. The van der Waals surface area contributed by atoms with Crippen molar-refractivity contribution in [1.29, 1.82) is 0 Å². The van der Waals surface area contributed by atoms with E-state index in [1.807, 2.05) is 85.8 Å². The minimum Gasteiger partial charge on any atom is -0.287 e. The molecule has 0 aliphatic carbocycles. The SMILES string of the molecule is Cc1ccc(N/N=C(\C(=O)c2ccccc2)c2ccc3ccccc3n2)cc1. The molecule has 0 aliphatic heterocycles. The summed E-state index contributed by atoms with van der Waals surface area (Å²) in [5, 5.41) is 5.45. The number of carbonyl (C=O) groups is 1. The molecule has 0 unspecified atom stereocenters. The number of rotatable bonds is 5. The van der Waals surface area contributed by atoms with Gasteiger partial charge in [-0.05, 0) is 31.2 Å². The summed E-state index contributed by atoms with van der Waals surface area (Å²) < 4.78 is 0. The second kappa shape index (κ2) is 7.84. The van der Waals surface area contributed by atoms with Gasteiger partial charge in [0.05, 0.1) is 16.9 Å². The van der Waals surface area contributed by atoms with E-state index in [9.17, 15) is 4.79 Å². The molecule has 1 aromatic heterocycles. The highest BCUT2D eigenvalue weighted by molar-refractivity contribution is 6.51. The second-order valence-corrected chi connectivity index (χ2v) is 6.52. The zero-order chi connectivity index (χ0) is 19.3. The molecule has 0 fully saturated rings. The fraction of sp³-hybridized carbons (Fsp3) is 0.0417. The van der Waals surface area contributed by atoms with Crippen molar-refractivity contribution in [3.05, 3.63) is 108 Å². The molecule has 4 heteroatoms. The third kappa shape index (κ3) is 3.81. The van der Waals surface area contributed by atoms with Gasteiger partial charge in [0, 0.05) is 10.9 Å². The number of hydrogen-bond acceptors (Lipinski definition) is 4. The molecule has 0 radical (unpaired) electrons. The molecule has 0 spiro atoms. The molecule has 0 bridgehead atoms. The van der Waals surface area contributed by atoms with Crippen molar-refractivity contribution in [1.82, 2.24) is 4.98 Å². The van der Waals surface area contributed by atoms with E-state index in [4.69, 9.17) is 0 Å². The summed E-state index contributed by atoms with van der Waals surface area (Å²) in [6, 6.07) is 28.6. The Morgan fingerprint density at radius 2 is 1.54 bits per heavy atom. The van der Waals surface area contributed by atoms with Gasteiger partial charge in [-0.2, -0.15) is 5.10 Å². The Bertz CT molecular complexity index is 1150. The fourth-order valence-electron chi connectivity index (χ4n) is 2.90. The van der Waals surface area contributed by atoms with Crippen LogP contribution in [0.25, 0.3) is 10.9 Å². The van der Waals surface area contributed by atoms with Crippen LogP contribution in [0.2, 0.25) is 0 Å². The fourth-order valence-corrected chi connectivity index (χ4v) is 2.90. The van der Waals surface area contributed by atoms with Gasteiger partial charge in [0.2, 0.25) is 5.78 Å². The minimum atomic E-state index is -0.178. The van der Waals surface area contributed by atoms with Crippen molar-refractivity contribution >= 4 is 28.1 Å². The Morgan fingerprint density at radius 1 is 0.821 bits per heavy atom. The first-order valence-corrected chi connectivity index (χ1v) is 9.07. The first kappa shape index (κ1) is 17.6. The molecular formula is C24H19N3O. The number of hydrazone groups is 1. The van der Waals surface area contributed by atoms with Gasteiger partial charge in [0.15, 0.2) is 5.71 Å². The number of pyridine rings is 1. The molecule has 0 atom stereocenters. The van der Waals surface area contributed by atoms with Gasteiger partial charge < -0.3 is 0 Å². The van der Waals surface area contributed by atoms with Crippen molar-refractivity contribution in [2.24, 2.45) is 5.10 Å². The number of para-hydroxylation sites is 1. The van der Waals surface area contributed by atoms with Gasteiger partial charge in [0.1, 0.15) is 0 Å². The molecule has 136 valence electrons. The van der Waals surface area contributed by atoms with Crippen LogP contribution in [0.1, 0.15) is 21.6 Å². The van der Waals surface area contributed by atoms with E-state index in [1.54, 1.807) is 12.1 Å². The number of carbonyl (C=O) groups excluding carboxylic acids is 1. The standard InChI is InChI=1S/C24H19N3O/c1-17-11-14-20(15-12-17)26-27-23(24(28)19-8-3-2-4-9-19)22-16-13-18-7-5-6-10-21(18)25-22/h2-16,26H,1H3/b27-23-. The summed E-state index contributed by atoms with van der Waals surface area (Å²) in [5.41, 5.74) is 7.17. The average Bonchev–Trinajstić information content (AvgIpc) is 2.75. The zero-order valence-electron chi connectivity index (χ0n) is 15.5. The number of fused-ring (bicyclic) bond motifs is 1. The van der Waals surface area contributed by atoms with Gasteiger partial charge in [-0.25, -0.2) is 4.98 Å². The van der Waals surface area contributed by atoms with Crippen LogP contribution < -0.4 is 5.43 Å². The maximum Gasteiger partial charge on any atom is 0.215 e. The number of nitrogens with one attached hydrogen (secondary N) is 1. The number of anilines is 1. The van der Waals surface area contributed by atoms with Crippen molar-refractivity contribution in [3.63, 3.8) is 0 Å². The van der Waals surface area contributed by atoms with E-state index in [2.05, 4.69) is 15.5 Å². The number of ketones is 1. The molecule has 4 aromatic rings. The van der Waals surface area contributed by atoms with E-state index < -0.39 is 0 Å². The first-order chi connectivity index (χ1) is 13.7. The molecular weight excluding hydrogens is 346 g/mol. The van der Waals surface area contributed by atoms with Gasteiger partial charge in [0.25, 0.3) is 0 Å². The summed E-state index contributed by atoms with van der Waals surface area (Å²) in [5.74, 6) is -0.178. The summed E-state index contributed by atoms with van der Waals surface area (Å²) in [6.45, 7) is 2.02. The van der Waals surface area contributed by atoms with Crippen molar-refractivity contribution in [2.75, 3.05) is 5.43 Å². The van der Waals surface area contributed by atoms with Crippen LogP contribution in [-0.2, 0) is 0 Å². The third-order valence-corrected chi connectivity index (χ3v) is 4.44. The largest absolute Gasteiger partial charge is 0.287 e. The van der Waals surface area contributed by atoms with Gasteiger partial charge in [-0.15, -0.1) is 0 Å². The third-order valence-electron chi connectivity index (χ3n) is 4.44. The van der Waals surface area contributed by atoms with E-state index >= 15 is 0 Å². The van der Waals surface area contributed by atoms with E-state index in [1.165, 1.54) is 0 Å². The molecule has 28 heavy (non-hydrogen) atoms. The molecule has 4 rings (SSSR count). The maximum atomic E-state index is 13.1. The van der Waals surface area contributed by atoms with Gasteiger partial charge in [-0.3, -0.25) is 10.2 Å². The smallest absolute Gasteiger partial charge is 0.215 e. The number of nitrogens with zero attached hydrogens (tertiary/aromatic N) is 2. The Labute approximate surface area is 163 Å². The summed E-state index contributed by atoms with van der Waals surface area (Å²) in [7, 11) is 0. The first-order valence-electron chi connectivity index (χ1n) is 9.07. The van der Waals surface area contributed by atoms with Crippen LogP contribution in [0.5, 0.6) is 0 Å². The normalized spacial score (nSPS) is 11.4. The quantitative estimate of drug-likeness (QED) is 0.299. The van der Waals surface area contributed by atoms with Crippen molar-refractivity contribution in [3.8, 4) is 0 Å². The van der Waals surface area contributed by atoms with Crippen molar-refractivity contribution in [2.45, 2.75) is 6.92 Å². The molecule has 1 heterocycles. The lowest BCUT2D eigenvalue weighted by Crippen LogP contribution is -2.19. The van der Waals surface area contributed by atoms with Crippen LogP contribution in [-0.4, -0.2) is 16.5 Å². The second-order valence-electron chi connectivity index (χ2n) is 6.52. The number of Topliss-reactive ketones (excluding diaryl/α,β-unsaturated/α-hetero) is 1. The Kier molecular flexibility index (Phi) is 4.93. The molecule has 0 aliphatic rings. The minimum absolute atomic E-state index is 0.178. The predicted octanol–water partition coefficient (Wildman–Crippen LogP) is 5.24. The highest BCUT2D eigenvalue weighted by Gasteiger charge is 2.18. The predicted molar refractivity (Wildman–Crippen MR) is 114 cm³/mol. The molecule has 0 amide bonds. The van der Waals surface area contributed by atoms with Crippen LogP contribution >= 0.6 is 0 Å². The number of aromatic nitrogens is 1. The molecule has 4 nitrogen and oxygen atoms in total. The molecule has 1 N–H and O–H groups in total.